The number of carbonyl (C=O) groups excluding carboxylic acids is 2. The average molecular weight is 416 g/mol. The van der Waals surface area contributed by atoms with E-state index >= 15 is 0 Å². The fraction of sp³-hybridized carbons (Fsp3) is 0.158. The molecular weight excluding hydrogens is 401 g/mol. The summed E-state index contributed by atoms with van der Waals surface area (Å²) in [6.07, 6.45) is -0.113. The van der Waals surface area contributed by atoms with Crippen molar-refractivity contribution in [2.75, 3.05) is 10.6 Å². The lowest BCUT2D eigenvalue weighted by Gasteiger charge is -2.11. The number of benzene rings is 2. The molecule has 1 aliphatic heterocycles. The third kappa shape index (κ3) is 3.46. The Balaban J connectivity index is 1.53. The Kier molecular flexibility index (Phi) is 4.78. The van der Waals surface area contributed by atoms with E-state index in [1.165, 1.54) is 4.68 Å². The molecule has 0 bridgehead atoms. The monoisotopic (exact) mass is 415 g/mol. The highest BCUT2D eigenvalue weighted by Crippen LogP contribution is 2.31. The molecule has 142 valence electrons. The molecule has 0 spiro atoms. The molecule has 0 fully saturated rings. The maximum Gasteiger partial charge on any atom is 0.252 e. The quantitative estimate of drug-likeness (QED) is 0.671. The number of hydrogen-bond donors (Lipinski definition) is 2. The molecule has 0 aliphatic carbocycles. The van der Waals surface area contributed by atoms with Crippen LogP contribution in [0.25, 0.3) is 11.4 Å². The smallest absolute Gasteiger partial charge is 0.252 e. The molecule has 0 saturated heterocycles. The number of hydrogen-bond acceptors (Lipinski definition) is 4. The molecule has 0 unspecified atom stereocenters. The fourth-order valence-electron chi connectivity index (χ4n) is 2.91. The van der Waals surface area contributed by atoms with E-state index in [-0.39, 0.29) is 23.3 Å². The zero-order chi connectivity index (χ0) is 19.8. The van der Waals surface area contributed by atoms with Crippen LogP contribution >= 0.6 is 23.2 Å². The number of amides is 2. The summed E-state index contributed by atoms with van der Waals surface area (Å²) in [4.78, 5) is 29.1. The van der Waals surface area contributed by atoms with E-state index in [2.05, 4.69) is 20.7 Å². The highest BCUT2D eigenvalue weighted by atomic mass is 35.5. The van der Waals surface area contributed by atoms with Gasteiger partial charge < -0.3 is 5.32 Å². The van der Waals surface area contributed by atoms with Crippen LogP contribution in [-0.2, 0) is 9.59 Å². The number of rotatable bonds is 4. The molecule has 1 atom stereocenters. The molecule has 1 aromatic heterocycles. The lowest BCUT2D eigenvalue weighted by molar-refractivity contribution is -0.123. The summed E-state index contributed by atoms with van der Waals surface area (Å²) in [6.45, 7) is 1.99. The zero-order valence-electron chi connectivity index (χ0n) is 14.7. The van der Waals surface area contributed by atoms with Crippen LogP contribution in [0.3, 0.4) is 0 Å². The van der Waals surface area contributed by atoms with Gasteiger partial charge in [0.15, 0.2) is 5.82 Å². The minimum atomic E-state index is -0.792. The van der Waals surface area contributed by atoms with Crippen molar-refractivity contribution in [2.24, 2.45) is 0 Å². The van der Waals surface area contributed by atoms with Crippen LogP contribution in [0.15, 0.2) is 42.5 Å². The molecule has 7 nitrogen and oxygen atoms in total. The molecule has 3 aromatic rings. The summed E-state index contributed by atoms with van der Waals surface area (Å²) in [5.74, 6) is 0.0832. The lowest BCUT2D eigenvalue weighted by atomic mass is 10.1. The first-order chi connectivity index (χ1) is 13.4. The van der Waals surface area contributed by atoms with Crippen molar-refractivity contribution in [3.63, 3.8) is 0 Å². The molecule has 0 radical (unpaired) electrons. The van der Waals surface area contributed by atoms with Gasteiger partial charge in [0.1, 0.15) is 6.04 Å². The van der Waals surface area contributed by atoms with E-state index in [0.717, 1.165) is 11.1 Å². The number of aromatic nitrogens is 3. The van der Waals surface area contributed by atoms with Gasteiger partial charge in [0.25, 0.3) is 5.91 Å². The van der Waals surface area contributed by atoms with Gasteiger partial charge in [-0.05, 0) is 19.1 Å². The van der Waals surface area contributed by atoms with Gasteiger partial charge >= 0.3 is 0 Å². The number of anilines is 2. The number of halogens is 2. The molecule has 2 N–H and O–H groups in total. The number of nitrogens with one attached hydrogen (secondary N) is 2. The Bertz CT molecular complexity index is 1080. The van der Waals surface area contributed by atoms with Crippen molar-refractivity contribution < 1.29 is 9.59 Å². The molecule has 2 amide bonds. The molecule has 28 heavy (non-hydrogen) atoms. The largest absolute Gasteiger partial charge is 0.325 e. The van der Waals surface area contributed by atoms with E-state index in [4.69, 9.17) is 23.2 Å². The van der Waals surface area contributed by atoms with Gasteiger partial charge in [-0.1, -0.05) is 59.1 Å². The standard InChI is InChI=1S/C19H15Cl2N5O2/c1-10-5-7-11(8-6-10)17-23-19-24-18(28)14(26(19)25-17)9-15(27)22-13-4-2-3-12(20)16(13)21/h2-8,14H,9H2,1H3,(H,22,27)(H,23,24,25,28)/t14-/m0/s1. The van der Waals surface area contributed by atoms with Crippen LogP contribution in [0.2, 0.25) is 10.0 Å². The lowest BCUT2D eigenvalue weighted by Crippen LogP contribution is -2.23. The van der Waals surface area contributed by atoms with Gasteiger partial charge in [0.2, 0.25) is 11.9 Å². The van der Waals surface area contributed by atoms with Crippen molar-refractivity contribution in [3.05, 3.63) is 58.1 Å². The molecular formula is C19H15Cl2N5O2. The Hall–Kier alpha value is -2.90. The van der Waals surface area contributed by atoms with Gasteiger partial charge in [0, 0.05) is 5.56 Å². The predicted molar refractivity (Wildman–Crippen MR) is 108 cm³/mol. The highest BCUT2D eigenvalue weighted by molar-refractivity contribution is 6.44. The maximum atomic E-state index is 12.4. The summed E-state index contributed by atoms with van der Waals surface area (Å²) in [6, 6.07) is 11.9. The summed E-state index contributed by atoms with van der Waals surface area (Å²) in [7, 11) is 0. The molecule has 1 aliphatic rings. The third-order valence-electron chi connectivity index (χ3n) is 4.38. The number of nitrogens with zero attached hydrogens (tertiary/aromatic N) is 3. The van der Waals surface area contributed by atoms with Gasteiger partial charge in [-0.3, -0.25) is 14.9 Å². The molecule has 4 rings (SSSR count). The van der Waals surface area contributed by atoms with Gasteiger partial charge in [0.05, 0.1) is 22.2 Å². The maximum absolute atomic E-state index is 12.4. The SMILES string of the molecule is Cc1ccc(-c2nc3n(n2)[C@@H](CC(=O)Nc2cccc(Cl)c2Cl)C(=O)N3)cc1. The Morgan fingerprint density at radius 2 is 1.96 bits per heavy atom. The number of aryl methyl sites for hydroxylation is 1. The van der Waals surface area contributed by atoms with Crippen LogP contribution < -0.4 is 10.6 Å². The van der Waals surface area contributed by atoms with Crippen LogP contribution in [0.4, 0.5) is 11.6 Å². The molecule has 9 heteroatoms. The first-order valence-corrected chi connectivity index (χ1v) is 9.26. The van der Waals surface area contributed by atoms with E-state index in [9.17, 15) is 9.59 Å². The van der Waals surface area contributed by atoms with Crippen molar-refractivity contribution in [2.45, 2.75) is 19.4 Å². The van der Waals surface area contributed by atoms with Gasteiger partial charge in [-0.15, -0.1) is 5.10 Å². The summed E-state index contributed by atoms with van der Waals surface area (Å²) < 4.78 is 1.44. The van der Waals surface area contributed by atoms with Gasteiger partial charge in [-0.25, -0.2) is 4.68 Å². The van der Waals surface area contributed by atoms with E-state index in [0.29, 0.717) is 22.5 Å². The van der Waals surface area contributed by atoms with Crippen molar-refractivity contribution in [1.29, 1.82) is 0 Å². The molecule has 0 saturated carbocycles. The van der Waals surface area contributed by atoms with Crippen LogP contribution in [0, 0.1) is 6.92 Å². The average Bonchev–Trinajstić information content (AvgIpc) is 3.18. The minimum absolute atomic E-state index is 0.113. The normalized spacial score (nSPS) is 15.2. The van der Waals surface area contributed by atoms with Crippen LogP contribution in [-0.4, -0.2) is 26.6 Å². The number of fused-ring (bicyclic) bond motifs is 1. The summed E-state index contributed by atoms with van der Waals surface area (Å²) in [5, 5.41) is 10.3. The Labute approximate surface area is 170 Å². The Morgan fingerprint density at radius 3 is 2.71 bits per heavy atom. The second-order valence-electron chi connectivity index (χ2n) is 6.43. The number of carbonyl (C=O) groups is 2. The van der Waals surface area contributed by atoms with E-state index in [1.54, 1.807) is 18.2 Å². The molecule has 2 heterocycles. The first kappa shape index (κ1) is 18.5. The minimum Gasteiger partial charge on any atom is -0.325 e. The van der Waals surface area contributed by atoms with Crippen molar-refractivity contribution in [1.82, 2.24) is 14.8 Å². The van der Waals surface area contributed by atoms with E-state index < -0.39 is 6.04 Å². The van der Waals surface area contributed by atoms with Crippen LogP contribution in [0.1, 0.15) is 18.0 Å². The first-order valence-electron chi connectivity index (χ1n) is 8.50. The topological polar surface area (TPSA) is 88.9 Å². The van der Waals surface area contributed by atoms with Crippen molar-refractivity contribution >= 4 is 46.7 Å². The summed E-state index contributed by atoms with van der Waals surface area (Å²) >= 11 is 12.1. The van der Waals surface area contributed by atoms with Crippen molar-refractivity contribution in [3.8, 4) is 11.4 Å². The van der Waals surface area contributed by atoms with E-state index in [1.807, 2.05) is 31.2 Å². The fourth-order valence-corrected chi connectivity index (χ4v) is 3.26. The van der Waals surface area contributed by atoms with Gasteiger partial charge in [-0.2, -0.15) is 4.98 Å². The molecule has 2 aromatic carbocycles. The zero-order valence-corrected chi connectivity index (χ0v) is 16.3. The Morgan fingerprint density at radius 1 is 1.21 bits per heavy atom. The van der Waals surface area contributed by atoms with Crippen LogP contribution in [0.5, 0.6) is 0 Å². The second-order valence-corrected chi connectivity index (χ2v) is 7.21. The second kappa shape index (κ2) is 7.26. The predicted octanol–water partition coefficient (Wildman–Crippen LogP) is 4.08. The third-order valence-corrected chi connectivity index (χ3v) is 5.20. The summed E-state index contributed by atoms with van der Waals surface area (Å²) in [5.41, 5.74) is 2.34. The highest BCUT2D eigenvalue weighted by Gasteiger charge is 2.35.